The molecule has 3 rings (SSSR count). The predicted octanol–water partition coefficient (Wildman–Crippen LogP) is 3.38. The molecule has 1 aliphatic heterocycles. The van der Waals surface area contributed by atoms with Gasteiger partial charge in [0.2, 0.25) is 0 Å². The summed E-state index contributed by atoms with van der Waals surface area (Å²) in [6, 6.07) is 0. The average Bonchev–Trinajstić information content (AvgIpc) is 2.87. The Hall–Kier alpha value is -0.870. The van der Waals surface area contributed by atoms with E-state index >= 15 is 0 Å². The normalized spacial score (nSPS) is 34.9. The maximum atomic E-state index is 12.5. The highest BCUT2D eigenvalue weighted by molar-refractivity contribution is 5.76. The molecule has 0 aromatic carbocycles. The van der Waals surface area contributed by atoms with Crippen molar-refractivity contribution in [1.82, 2.24) is 10.2 Å². The zero-order valence-electron chi connectivity index (χ0n) is 16.6. The monoisotopic (exact) mass is 348 g/mol. The number of hydrogen-bond donors (Lipinski definition) is 1. The molecule has 0 aromatic rings. The molecule has 4 atom stereocenters. The summed E-state index contributed by atoms with van der Waals surface area (Å²) in [5, 5.41) is 3.52. The first-order valence-corrected chi connectivity index (χ1v) is 10.3. The number of nitrogens with zero attached hydrogens (tertiary/aromatic N) is 1. The van der Waals surface area contributed by atoms with Gasteiger partial charge in [0.05, 0.1) is 5.92 Å². The van der Waals surface area contributed by atoms with E-state index in [-0.39, 0.29) is 23.4 Å². The minimum atomic E-state index is 0.0332. The summed E-state index contributed by atoms with van der Waals surface area (Å²) >= 11 is 0. The van der Waals surface area contributed by atoms with Gasteiger partial charge in [-0.05, 0) is 57.5 Å². The average molecular weight is 349 g/mol. The summed E-state index contributed by atoms with van der Waals surface area (Å²) in [7, 11) is 0. The van der Waals surface area contributed by atoms with Gasteiger partial charge in [0.15, 0.2) is 0 Å². The first kappa shape index (κ1) is 18.9. The fourth-order valence-corrected chi connectivity index (χ4v) is 5.38. The number of hydrogen-bond acceptors (Lipinski definition) is 4. The van der Waals surface area contributed by atoms with Crippen LogP contribution in [0.1, 0.15) is 59.8 Å². The van der Waals surface area contributed by atoms with Crippen LogP contribution in [0.3, 0.4) is 0 Å². The number of nitrogens with one attached hydrogen (secondary N) is 1. The van der Waals surface area contributed by atoms with Crippen molar-refractivity contribution in [1.29, 1.82) is 0 Å². The molecule has 3 aliphatic rings. The Kier molecular flexibility index (Phi) is 5.89. The van der Waals surface area contributed by atoms with E-state index in [1.807, 2.05) is 0 Å². The van der Waals surface area contributed by atoms with E-state index in [9.17, 15) is 4.79 Å². The molecule has 142 valence electrons. The van der Waals surface area contributed by atoms with Crippen LogP contribution >= 0.6 is 0 Å². The van der Waals surface area contributed by atoms with Crippen LogP contribution in [-0.2, 0) is 9.53 Å². The van der Waals surface area contributed by atoms with Crippen molar-refractivity contribution in [2.75, 3.05) is 32.7 Å². The number of carbonyl (C=O) groups is 1. The molecule has 2 fully saturated rings. The Labute approximate surface area is 153 Å². The van der Waals surface area contributed by atoms with E-state index < -0.39 is 0 Å². The highest BCUT2D eigenvalue weighted by atomic mass is 16.6. The molecule has 4 nitrogen and oxygen atoms in total. The molecule has 1 saturated carbocycles. The second-order valence-electron chi connectivity index (χ2n) is 8.56. The fourth-order valence-electron chi connectivity index (χ4n) is 5.38. The number of ether oxygens (including phenoxy) is 1. The molecule has 0 bridgehead atoms. The van der Waals surface area contributed by atoms with Crippen molar-refractivity contribution >= 4 is 5.97 Å². The van der Waals surface area contributed by atoms with Crippen LogP contribution < -0.4 is 5.32 Å². The number of fused-ring (bicyclic) bond motifs is 2. The van der Waals surface area contributed by atoms with Crippen LogP contribution in [0.4, 0.5) is 0 Å². The Bertz CT molecular complexity index is 526. The number of allylic oxidation sites excluding steroid dienone is 2. The summed E-state index contributed by atoms with van der Waals surface area (Å²) in [5.74, 6) is 0.448. The van der Waals surface area contributed by atoms with Gasteiger partial charge < -0.3 is 15.0 Å². The van der Waals surface area contributed by atoms with Gasteiger partial charge in [-0.1, -0.05) is 31.9 Å². The Morgan fingerprint density at radius 3 is 2.80 bits per heavy atom. The van der Waals surface area contributed by atoms with Gasteiger partial charge in [0.25, 0.3) is 0 Å². The molecular weight excluding hydrogens is 312 g/mol. The minimum absolute atomic E-state index is 0.0332. The van der Waals surface area contributed by atoms with Gasteiger partial charge in [0, 0.05) is 25.6 Å². The van der Waals surface area contributed by atoms with Crippen molar-refractivity contribution in [3.05, 3.63) is 11.1 Å². The topological polar surface area (TPSA) is 41.6 Å². The van der Waals surface area contributed by atoms with Gasteiger partial charge >= 0.3 is 5.97 Å². The van der Waals surface area contributed by atoms with Crippen molar-refractivity contribution in [2.24, 2.45) is 17.3 Å². The standard InChI is InChI=1S/C21H36N2O2/c1-5-23(6-2)11-10-22-14-17-16-12-18-15(3)8-7-9-21(18,4)13-19(16)25-20(17)24/h16-17,19,22H,5-14H2,1-4H3. The van der Waals surface area contributed by atoms with Crippen molar-refractivity contribution in [3.63, 3.8) is 0 Å². The summed E-state index contributed by atoms with van der Waals surface area (Å²) < 4.78 is 5.84. The predicted molar refractivity (Wildman–Crippen MR) is 101 cm³/mol. The third-order valence-electron chi connectivity index (χ3n) is 7.04. The van der Waals surface area contributed by atoms with E-state index in [1.165, 1.54) is 19.3 Å². The molecule has 0 radical (unpaired) electrons. The van der Waals surface area contributed by atoms with Crippen LogP contribution in [0.25, 0.3) is 0 Å². The van der Waals surface area contributed by atoms with Crippen LogP contribution in [0.15, 0.2) is 11.1 Å². The first-order chi connectivity index (χ1) is 12.0. The van der Waals surface area contributed by atoms with E-state index in [1.54, 1.807) is 11.1 Å². The van der Waals surface area contributed by atoms with Crippen LogP contribution in [0, 0.1) is 17.3 Å². The summed E-state index contributed by atoms with van der Waals surface area (Å²) in [6.45, 7) is 14.0. The second kappa shape index (κ2) is 7.79. The van der Waals surface area contributed by atoms with Crippen LogP contribution in [-0.4, -0.2) is 49.7 Å². The molecule has 0 aromatic heterocycles. The number of rotatable bonds is 7. The third kappa shape index (κ3) is 3.80. The first-order valence-electron chi connectivity index (χ1n) is 10.3. The maximum Gasteiger partial charge on any atom is 0.310 e. The van der Waals surface area contributed by atoms with Crippen LogP contribution in [0.5, 0.6) is 0 Å². The summed E-state index contributed by atoms with van der Waals surface area (Å²) in [6.07, 6.45) is 6.03. The highest BCUT2D eigenvalue weighted by Crippen LogP contribution is 2.54. The Balaban J connectivity index is 1.60. The summed E-state index contributed by atoms with van der Waals surface area (Å²) in [4.78, 5) is 14.9. The van der Waals surface area contributed by atoms with Gasteiger partial charge in [-0.15, -0.1) is 0 Å². The van der Waals surface area contributed by atoms with Crippen LogP contribution in [0.2, 0.25) is 0 Å². The molecular formula is C21H36N2O2. The Morgan fingerprint density at radius 2 is 2.08 bits per heavy atom. The maximum absolute atomic E-state index is 12.5. The van der Waals surface area contributed by atoms with Gasteiger partial charge in [-0.25, -0.2) is 0 Å². The molecule has 25 heavy (non-hydrogen) atoms. The zero-order valence-corrected chi connectivity index (χ0v) is 16.6. The quantitative estimate of drug-likeness (QED) is 0.435. The van der Waals surface area contributed by atoms with Crippen molar-refractivity contribution in [2.45, 2.75) is 65.9 Å². The van der Waals surface area contributed by atoms with Gasteiger partial charge in [-0.2, -0.15) is 0 Å². The molecule has 0 spiro atoms. The lowest BCUT2D eigenvalue weighted by molar-refractivity contribution is -0.145. The molecule has 0 amide bonds. The summed E-state index contributed by atoms with van der Waals surface area (Å²) in [5.41, 5.74) is 3.50. The number of carbonyl (C=O) groups excluding carboxylic acids is 1. The fraction of sp³-hybridized carbons (Fsp3) is 0.857. The SMILES string of the molecule is CCN(CC)CCNCC1C(=O)OC2CC3(C)CCCC(C)=C3CC21. The molecule has 1 heterocycles. The van der Waals surface area contributed by atoms with E-state index in [0.29, 0.717) is 5.92 Å². The smallest absolute Gasteiger partial charge is 0.310 e. The highest BCUT2D eigenvalue weighted by Gasteiger charge is 2.52. The van der Waals surface area contributed by atoms with E-state index in [4.69, 9.17) is 4.74 Å². The molecule has 1 saturated heterocycles. The van der Waals surface area contributed by atoms with E-state index in [0.717, 1.165) is 45.6 Å². The van der Waals surface area contributed by atoms with Gasteiger partial charge in [0.1, 0.15) is 6.10 Å². The second-order valence-corrected chi connectivity index (χ2v) is 8.56. The van der Waals surface area contributed by atoms with E-state index in [2.05, 4.69) is 37.9 Å². The molecule has 1 N–H and O–H groups in total. The third-order valence-corrected chi connectivity index (χ3v) is 7.04. The minimum Gasteiger partial charge on any atom is -0.462 e. The largest absolute Gasteiger partial charge is 0.462 e. The zero-order chi connectivity index (χ0) is 18.0. The lowest BCUT2D eigenvalue weighted by Crippen LogP contribution is -2.41. The van der Waals surface area contributed by atoms with Crippen molar-refractivity contribution < 1.29 is 9.53 Å². The number of likely N-dealkylation sites (N-methyl/N-ethyl adjacent to an activating group) is 1. The Morgan fingerprint density at radius 1 is 1.32 bits per heavy atom. The molecule has 2 aliphatic carbocycles. The lowest BCUT2D eigenvalue weighted by Gasteiger charge is -2.45. The number of esters is 1. The molecule has 4 heteroatoms. The van der Waals surface area contributed by atoms with Crippen molar-refractivity contribution in [3.8, 4) is 0 Å². The van der Waals surface area contributed by atoms with Gasteiger partial charge in [-0.3, -0.25) is 4.79 Å². The molecule has 4 unspecified atom stereocenters. The lowest BCUT2D eigenvalue weighted by atomic mass is 9.59.